The zero-order valence-corrected chi connectivity index (χ0v) is 27.4. The molecule has 1 spiro atoms. The molecule has 50 heavy (non-hydrogen) atoms. The fraction of sp³-hybridized carbons (Fsp3) is 0.562. The maximum atomic E-state index is 13.4. The molecule has 5 N–H and O–H groups in total. The van der Waals surface area contributed by atoms with Crippen molar-refractivity contribution in [2.75, 3.05) is 20.7 Å². The first kappa shape index (κ1) is 36.5. The van der Waals surface area contributed by atoms with Crippen LogP contribution in [0.2, 0.25) is 0 Å². The average molecular weight is 708 g/mol. The van der Waals surface area contributed by atoms with Crippen LogP contribution in [0.15, 0.2) is 24.0 Å². The van der Waals surface area contributed by atoms with Gasteiger partial charge in [0.05, 0.1) is 24.5 Å². The minimum Gasteiger partial charge on any atom is -0.493 e. The average Bonchev–Trinajstić information content (AvgIpc) is 3.42. The van der Waals surface area contributed by atoms with E-state index in [9.17, 15) is 44.1 Å². The lowest BCUT2D eigenvalue weighted by atomic mass is 9.50. The van der Waals surface area contributed by atoms with Crippen LogP contribution in [0.5, 0.6) is 11.5 Å². The molecule has 0 amide bonds. The summed E-state index contributed by atoms with van der Waals surface area (Å²) in [5, 5.41) is 49.8. The number of hydrogen-bond donors (Lipinski definition) is 5. The Balaban J connectivity index is 1.39. The van der Waals surface area contributed by atoms with Gasteiger partial charge in [-0.25, -0.2) is 24.0 Å². The lowest BCUT2D eigenvalue weighted by molar-refractivity contribution is -0.188. The second kappa shape index (κ2) is 13.5. The Hall–Kier alpha value is -4.78. The predicted octanol–water partition coefficient (Wildman–Crippen LogP) is -1.43. The molecule has 9 atom stereocenters. The van der Waals surface area contributed by atoms with Crippen LogP contribution in [0.25, 0.3) is 0 Å². The molecule has 2 aliphatic heterocycles. The number of carbonyl (C=O) groups is 6. The molecule has 2 heterocycles. The molecular weight excluding hydrogens is 670 g/mol. The van der Waals surface area contributed by atoms with Crippen LogP contribution in [-0.4, -0.2) is 135 Å². The quantitative estimate of drug-likeness (QED) is 0.116. The molecule has 4 aliphatic rings. The maximum absolute atomic E-state index is 13.4. The number of aliphatic hydroxyl groups is 3. The number of esters is 4. The summed E-state index contributed by atoms with van der Waals surface area (Å²) >= 11 is 0. The topological polar surface area (TPSA) is 262 Å². The van der Waals surface area contributed by atoms with Gasteiger partial charge in [0.1, 0.15) is 5.76 Å². The molecule has 1 aromatic rings. The number of aliphatic hydroxyl groups excluding tert-OH is 2. The first-order chi connectivity index (χ1) is 23.5. The molecule has 1 aromatic carbocycles. The van der Waals surface area contributed by atoms with Gasteiger partial charge in [-0.1, -0.05) is 6.07 Å². The Morgan fingerprint density at radius 2 is 1.64 bits per heavy atom. The standard InChI is InChI=1S/C32H37NO17/c1-13(26(37)38)46-28(41)14(2)47-29(42)18(49-30(43)23(36)22(35)27(39)40)12-20(34)48-17-7-8-32(44)19-11-15-5-6-16(45-4)24-21(15)31(32,25(17)50-24)9-10-33(19)3/h5-7,13-14,18-19,22-23,25,35-36,44H,8-12H2,1-4H3,(H,37,38)(H,39,40)/t13-,14-,18-,19-,22+,23+,25+,31+,32-/m0/s1. The summed E-state index contributed by atoms with van der Waals surface area (Å²) in [4.78, 5) is 75.5. The van der Waals surface area contributed by atoms with Gasteiger partial charge < -0.3 is 58.9 Å². The lowest BCUT2D eigenvalue weighted by Crippen LogP contribution is -2.74. The van der Waals surface area contributed by atoms with E-state index in [1.165, 1.54) is 13.2 Å². The number of likely N-dealkylation sites (N-methyl/N-ethyl adjacent to an activating group) is 1. The van der Waals surface area contributed by atoms with E-state index in [0.717, 1.165) is 25.0 Å². The van der Waals surface area contributed by atoms with Crippen LogP contribution < -0.4 is 9.47 Å². The highest BCUT2D eigenvalue weighted by Crippen LogP contribution is 2.65. The van der Waals surface area contributed by atoms with E-state index in [1.54, 1.807) is 6.07 Å². The Bertz CT molecular complexity index is 1640. The van der Waals surface area contributed by atoms with E-state index in [1.807, 2.05) is 13.1 Å². The van der Waals surface area contributed by atoms with E-state index < -0.39 is 89.9 Å². The van der Waals surface area contributed by atoms with Crippen molar-refractivity contribution in [2.45, 2.75) is 93.2 Å². The third-order valence-corrected chi connectivity index (χ3v) is 9.72. The van der Waals surface area contributed by atoms with Gasteiger partial charge >= 0.3 is 35.8 Å². The van der Waals surface area contributed by atoms with Gasteiger partial charge in [-0.05, 0) is 58.0 Å². The van der Waals surface area contributed by atoms with Crippen molar-refractivity contribution < 1.29 is 82.7 Å². The highest BCUT2D eigenvalue weighted by Gasteiger charge is 2.72. The fourth-order valence-corrected chi connectivity index (χ4v) is 7.18. The van der Waals surface area contributed by atoms with Crippen LogP contribution in [0, 0.1) is 0 Å². The smallest absolute Gasteiger partial charge is 0.348 e. The van der Waals surface area contributed by atoms with Crippen LogP contribution in [0.3, 0.4) is 0 Å². The SMILES string of the molecule is COc1ccc2c3c1O[C@@H]1C(OC(=O)C[C@H](OC(=O)[C@H](O)[C@@H](O)C(=O)O)C(=O)O[C@@H](C)C(=O)O[C@@H](C)C(=O)O)=CC[C@]4(O)[C@H](C2)N(C)CC[C@@]314. The van der Waals surface area contributed by atoms with E-state index in [-0.39, 0.29) is 18.2 Å². The van der Waals surface area contributed by atoms with Gasteiger partial charge in [0.25, 0.3) is 0 Å². The number of nitrogens with zero attached hydrogens (tertiary/aromatic N) is 1. The van der Waals surface area contributed by atoms with Crippen molar-refractivity contribution in [3.8, 4) is 11.5 Å². The van der Waals surface area contributed by atoms with E-state index in [0.29, 0.717) is 30.9 Å². The Labute approximate surface area is 284 Å². The zero-order valence-electron chi connectivity index (χ0n) is 27.4. The summed E-state index contributed by atoms with van der Waals surface area (Å²) in [7, 11) is 3.37. The highest BCUT2D eigenvalue weighted by molar-refractivity contribution is 5.89. The lowest BCUT2D eigenvalue weighted by Gasteiger charge is -2.61. The maximum Gasteiger partial charge on any atom is 0.348 e. The van der Waals surface area contributed by atoms with Crippen LogP contribution in [0.1, 0.15) is 44.2 Å². The summed E-state index contributed by atoms with van der Waals surface area (Å²) in [5.74, 6) is -8.64. The number of methoxy groups -OCH3 is 1. The minimum absolute atomic E-state index is 0.0199. The van der Waals surface area contributed by atoms with E-state index in [2.05, 4.69) is 9.64 Å². The molecule has 2 aliphatic carbocycles. The Morgan fingerprint density at radius 3 is 2.28 bits per heavy atom. The molecule has 5 rings (SSSR count). The number of hydrogen-bond acceptors (Lipinski definition) is 16. The Kier molecular flexibility index (Phi) is 9.86. The first-order valence-corrected chi connectivity index (χ1v) is 15.6. The summed E-state index contributed by atoms with van der Waals surface area (Å²) in [5.41, 5.74) is -0.720. The number of likely N-dealkylation sites (tertiary alicyclic amines) is 1. The minimum atomic E-state index is -2.70. The normalized spacial score (nSPS) is 27.5. The van der Waals surface area contributed by atoms with Crippen LogP contribution in [0.4, 0.5) is 0 Å². The number of carboxylic acid groups (broad SMARTS) is 2. The first-order valence-electron chi connectivity index (χ1n) is 15.6. The van der Waals surface area contributed by atoms with E-state index >= 15 is 0 Å². The van der Waals surface area contributed by atoms with Gasteiger partial charge in [0.2, 0.25) is 6.10 Å². The van der Waals surface area contributed by atoms with Crippen molar-refractivity contribution in [2.24, 2.45) is 0 Å². The molecule has 1 fully saturated rings. The van der Waals surface area contributed by atoms with Gasteiger partial charge in [-0.2, -0.15) is 0 Å². The van der Waals surface area contributed by atoms with Gasteiger partial charge in [0, 0.05) is 18.0 Å². The number of aliphatic carboxylic acids is 2. The largest absolute Gasteiger partial charge is 0.493 e. The number of carboxylic acids is 2. The number of carbonyl (C=O) groups excluding carboxylic acids is 4. The van der Waals surface area contributed by atoms with Gasteiger partial charge in [-0.3, -0.25) is 4.79 Å². The van der Waals surface area contributed by atoms with Crippen molar-refractivity contribution in [1.29, 1.82) is 0 Å². The predicted molar refractivity (Wildman–Crippen MR) is 160 cm³/mol. The van der Waals surface area contributed by atoms with E-state index in [4.69, 9.17) is 33.9 Å². The molecule has 18 heteroatoms. The van der Waals surface area contributed by atoms with Crippen LogP contribution >= 0.6 is 0 Å². The molecule has 2 bridgehead atoms. The number of piperidine rings is 1. The summed E-state index contributed by atoms with van der Waals surface area (Å²) < 4.78 is 32.1. The summed E-state index contributed by atoms with van der Waals surface area (Å²) in [6.45, 7) is 2.61. The van der Waals surface area contributed by atoms with Crippen molar-refractivity contribution in [1.82, 2.24) is 4.90 Å². The fourth-order valence-electron chi connectivity index (χ4n) is 7.18. The zero-order chi connectivity index (χ0) is 36.9. The molecule has 272 valence electrons. The summed E-state index contributed by atoms with van der Waals surface area (Å²) in [6, 6.07) is 3.35. The third kappa shape index (κ3) is 6.01. The second-order valence-electron chi connectivity index (χ2n) is 12.6. The molecular formula is C32H37NO17. The molecule has 18 nitrogen and oxygen atoms in total. The number of rotatable bonds is 13. The molecule has 0 aromatic heterocycles. The summed E-state index contributed by atoms with van der Waals surface area (Å²) in [6.07, 6.45) is -10.7. The monoisotopic (exact) mass is 707 g/mol. The van der Waals surface area contributed by atoms with Gasteiger partial charge in [0.15, 0.2) is 42.0 Å². The third-order valence-electron chi connectivity index (χ3n) is 9.72. The van der Waals surface area contributed by atoms with Crippen molar-refractivity contribution >= 4 is 35.8 Å². The van der Waals surface area contributed by atoms with Gasteiger partial charge in [-0.15, -0.1) is 0 Å². The molecule has 0 unspecified atom stereocenters. The van der Waals surface area contributed by atoms with Crippen molar-refractivity contribution in [3.05, 3.63) is 35.1 Å². The molecule has 0 radical (unpaired) electrons. The molecule has 1 saturated heterocycles. The van der Waals surface area contributed by atoms with Crippen molar-refractivity contribution in [3.63, 3.8) is 0 Å². The number of ether oxygens (including phenoxy) is 6. The molecule has 0 saturated carbocycles. The highest BCUT2D eigenvalue weighted by atomic mass is 16.6. The van der Waals surface area contributed by atoms with Crippen LogP contribution in [-0.2, 0) is 59.6 Å². The number of benzene rings is 1. The Morgan fingerprint density at radius 1 is 0.960 bits per heavy atom. The second-order valence-corrected chi connectivity index (χ2v) is 12.6.